The number of amides is 2. The predicted octanol–water partition coefficient (Wildman–Crippen LogP) is -3.66. The maximum absolute atomic E-state index is 12.4. The van der Waals surface area contributed by atoms with Crippen LogP contribution in [0.3, 0.4) is 0 Å². The van der Waals surface area contributed by atoms with Crippen LogP contribution in [0.2, 0.25) is 0 Å². The van der Waals surface area contributed by atoms with Crippen molar-refractivity contribution in [2.45, 2.75) is 17.8 Å². The van der Waals surface area contributed by atoms with Crippen LogP contribution in [0.1, 0.15) is 4.88 Å². The summed E-state index contributed by atoms with van der Waals surface area (Å²) in [4.78, 5) is 48.4. The first-order valence-corrected chi connectivity index (χ1v) is 9.43. The SMILES string of the molecule is O=C(O)C=CC1=C(C(=O)[O-])N2C(=O)C(NC(=O)Cc3cccs3)[C@@H]2SC1.[Na+]. The Morgan fingerprint density at radius 1 is 1.41 bits per heavy atom. The number of carboxylic acids is 2. The largest absolute Gasteiger partial charge is 1.00 e. The second kappa shape index (κ2) is 9.07. The van der Waals surface area contributed by atoms with Crippen molar-refractivity contribution in [2.75, 3.05) is 5.75 Å². The molecule has 0 bridgehead atoms. The molecule has 1 unspecified atom stereocenters. The molecule has 0 aromatic carbocycles. The third-order valence-electron chi connectivity index (χ3n) is 3.85. The van der Waals surface area contributed by atoms with Crippen LogP contribution in [-0.2, 0) is 25.6 Å². The van der Waals surface area contributed by atoms with E-state index in [2.05, 4.69) is 5.32 Å². The molecule has 1 fully saturated rings. The van der Waals surface area contributed by atoms with Gasteiger partial charge in [0.2, 0.25) is 5.91 Å². The number of rotatable bonds is 6. The van der Waals surface area contributed by atoms with Crippen molar-refractivity contribution < 1.29 is 58.9 Å². The molecule has 3 rings (SSSR count). The molecule has 1 saturated heterocycles. The molecular formula is C16H13N2NaO6S2. The van der Waals surface area contributed by atoms with Crippen LogP contribution < -0.4 is 40.0 Å². The number of fused-ring (bicyclic) bond motifs is 1. The van der Waals surface area contributed by atoms with Gasteiger partial charge in [0, 0.05) is 16.7 Å². The molecule has 2 atom stereocenters. The molecule has 11 heteroatoms. The van der Waals surface area contributed by atoms with Gasteiger partial charge in [0.15, 0.2) is 0 Å². The summed E-state index contributed by atoms with van der Waals surface area (Å²) in [5, 5.41) is 24.1. The smallest absolute Gasteiger partial charge is 0.543 e. The number of β-lactam (4-membered cyclic amide) rings is 1. The number of allylic oxidation sites excluding steroid dienone is 1. The summed E-state index contributed by atoms with van der Waals surface area (Å²) >= 11 is 2.69. The number of carboxylic acid groups (broad SMARTS) is 2. The van der Waals surface area contributed by atoms with Crippen molar-refractivity contribution in [2.24, 2.45) is 0 Å². The van der Waals surface area contributed by atoms with Crippen molar-refractivity contribution in [1.82, 2.24) is 10.2 Å². The number of aliphatic carboxylic acids is 2. The fraction of sp³-hybridized carbons (Fsp3) is 0.250. The number of thiophene rings is 1. The monoisotopic (exact) mass is 416 g/mol. The minimum Gasteiger partial charge on any atom is -0.543 e. The van der Waals surface area contributed by atoms with E-state index in [1.165, 1.54) is 23.1 Å². The molecule has 1 aromatic rings. The molecule has 2 aliphatic rings. The van der Waals surface area contributed by atoms with Gasteiger partial charge in [-0.3, -0.25) is 14.5 Å². The van der Waals surface area contributed by atoms with Crippen LogP contribution in [0.4, 0.5) is 0 Å². The first-order chi connectivity index (χ1) is 12.4. The van der Waals surface area contributed by atoms with Gasteiger partial charge in [0.25, 0.3) is 5.91 Å². The summed E-state index contributed by atoms with van der Waals surface area (Å²) in [6.45, 7) is 0. The van der Waals surface area contributed by atoms with Gasteiger partial charge < -0.3 is 20.3 Å². The van der Waals surface area contributed by atoms with Gasteiger partial charge in [0.05, 0.1) is 18.1 Å². The third-order valence-corrected chi connectivity index (χ3v) is 6.03. The van der Waals surface area contributed by atoms with Crippen LogP contribution in [0.15, 0.2) is 40.9 Å². The van der Waals surface area contributed by atoms with Crippen molar-refractivity contribution >= 4 is 46.9 Å². The summed E-state index contributed by atoms with van der Waals surface area (Å²) in [7, 11) is 0. The number of thioether (sulfide) groups is 1. The Hall–Kier alpha value is -1.59. The Morgan fingerprint density at radius 2 is 2.15 bits per heavy atom. The third kappa shape index (κ3) is 4.64. The molecule has 0 radical (unpaired) electrons. The van der Waals surface area contributed by atoms with Gasteiger partial charge in [-0.15, -0.1) is 23.1 Å². The minimum absolute atomic E-state index is 0. The summed E-state index contributed by atoms with van der Waals surface area (Å²) < 4.78 is 0. The topological polar surface area (TPSA) is 127 Å². The fourth-order valence-corrected chi connectivity index (χ4v) is 4.75. The molecule has 0 aliphatic carbocycles. The second-order valence-electron chi connectivity index (χ2n) is 5.54. The number of hydrogen-bond donors (Lipinski definition) is 2. The Labute approximate surface area is 184 Å². The zero-order valence-electron chi connectivity index (χ0n) is 14.2. The molecule has 136 valence electrons. The maximum Gasteiger partial charge on any atom is 1.00 e. The summed E-state index contributed by atoms with van der Waals surface area (Å²) in [5.74, 6) is -3.46. The van der Waals surface area contributed by atoms with E-state index in [4.69, 9.17) is 5.11 Å². The van der Waals surface area contributed by atoms with Gasteiger partial charge in [0.1, 0.15) is 11.4 Å². The van der Waals surface area contributed by atoms with Crippen molar-refractivity contribution in [3.05, 3.63) is 45.8 Å². The van der Waals surface area contributed by atoms with Crippen LogP contribution in [0.5, 0.6) is 0 Å². The number of hydrogen-bond acceptors (Lipinski definition) is 7. The molecule has 2 N–H and O–H groups in total. The molecule has 1 aromatic heterocycles. The molecule has 2 aliphatic heterocycles. The van der Waals surface area contributed by atoms with Crippen LogP contribution in [0.25, 0.3) is 0 Å². The summed E-state index contributed by atoms with van der Waals surface area (Å²) in [6, 6.07) is 2.82. The maximum atomic E-state index is 12.4. The second-order valence-corrected chi connectivity index (χ2v) is 7.68. The quantitative estimate of drug-likeness (QED) is 0.278. The molecule has 27 heavy (non-hydrogen) atoms. The first kappa shape index (κ1) is 21.7. The van der Waals surface area contributed by atoms with Crippen LogP contribution in [0, 0.1) is 0 Å². The van der Waals surface area contributed by atoms with Crippen molar-refractivity contribution in [1.29, 1.82) is 0 Å². The molecule has 2 amide bonds. The van der Waals surface area contributed by atoms with Gasteiger partial charge in [-0.05, 0) is 23.1 Å². The van der Waals surface area contributed by atoms with E-state index in [0.717, 1.165) is 21.9 Å². The molecule has 0 spiro atoms. The van der Waals surface area contributed by atoms with E-state index < -0.39 is 29.3 Å². The summed E-state index contributed by atoms with van der Waals surface area (Å²) in [5.41, 5.74) is -0.162. The van der Waals surface area contributed by atoms with E-state index in [1.54, 1.807) is 0 Å². The number of nitrogens with one attached hydrogen (secondary N) is 1. The predicted molar refractivity (Wildman–Crippen MR) is 91.9 cm³/mol. The minimum atomic E-state index is -1.56. The Kier molecular flexibility index (Phi) is 7.29. The normalized spacial score (nSPS) is 21.3. The standard InChI is InChI=1S/C16H14N2O6S2.Na/c19-10(6-9-2-1-5-25-9)17-12-14(22)18-13(16(23)24)8(3-4-11(20)21)7-26-15(12)18;/h1-5,12,15H,6-7H2,(H,17,19)(H,20,21)(H,23,24);/q;+1/p-1/t12?,15-;/m0./s1. The van der Waals surface area contributed by atoms with E-state index in [9.17, 15) is 24.3 Å². The van der Waals surface area contributed by atoms with Crippen LogP contribution in [-0.4, -0.2) is 50.9 Å². The van der Waals surface area contributed by atoms with Gasteiger partial charge in [-0.2, -0.15) is 0 Å². The Bertz CT molecular complexity index is 836. The fourth-order valence-electron chi connectivity index (χ4n) is 2.73. The average Bonchev–Trinajstić information content (AvgIpc) is 3.09. The number of carbonyl (C=O) groups excluding carboxylic acids is 3. The van der Waals surface area contributed by atoms with Crippen LogP contribution >= 0.6 is 23.1 Å². The van der Waals surface area contributed by atoms with Crippen molar-refractivity contribution in [3.63, 3.8) is 0 Å². The van der Waals surface area contributed by atoms with Crippen molar-refractivity contribution in [3.8, 4) is 0 Å². The molecule has 3 heterocycles. The van der Waals surface area contributed by atoms with E-state index >= 15 is 0 Å². The zero-order chi connectivity index (χ0) is 18.8. The Morgan fingerprint density at radius 3 is 2.74 bits per heavy atom. The molecular weight excluding hydrogens is 403 g/mol. The zero-order valence-corrected chi connectivity index (χ0v) is 17.8. The van der Waals surface area contributed by atoms with E-state index in [0.29, 0.717) is 0 Å². The summed E-state index contributed by atoms with van der Waals surface area (Å²) in [6.07, 6.45) is 2.10. The van der Waals surface area contributed by atoms with Gasteiger partial charge >= 0.3 is 35.5 Å². The first-order valence-electron chi connectivity index (χ1n) is 7.50. The van der Waals surface area contributed by atoms with Gasteiger partial charge in [-0.25, -0.2) is 4.79 Å². The molecule has 0 saturated carbocycles. The number of nitrogens with zero attached hydrogens (tertiary/aromatic N) is 1. The number of carbonyl (C=O) groups is 4. The average molecular weight is 416 g/mol. The van der Waals surface area contributed by atoms with E-state index in [1.807, 2.05) is 17.5 Å². The Balaban J connectivity index is 0.00000261. The molecule has 8 nitrogen and oxygen atoms in total. The van der Waals surface area contributed by atoms with Gasteiger partial charge in [-0.1, -0.05) is 6.07 Å². The van der Waals surface area contributed by atoms with E-state index in [-0.39, 0.29) is 58.9 Å².